The first-order valence-corrected chi connectivity index (χ1v) is 14.9. The van der Waals surface area contributed by atoms with E-state index in [1.54, 1.807) is 17.0 Å². The molecular weight excluding hydrogens is 567 g/mol. The Balaban J connectivity index is 1.53. The molecule has 2 heterocycles. The summed E-state index contributed by atoms with van der Waals surface area (Å²) in [6.07, 6.45) is 2.65. The van der Waals surface area contributed by atoms with Gasteiger partial charge in [-0.3, -0.25) is 19.3 Å². The van der Waals surface area contributed by atoms with Gasteiger partial charge in [0.05, 0.1) is 17.7 Å². The number of hydrogen-bond acceptors (Lipinski definition) is 6. The van der Waals surface area contributed by atoms with Crippen molar-refractivity contribution in [3.8, 4) is 5.75 Å². The minimum Gasteiger partial charge on any atom is -0.492 e. The number of rotatable bonds is 12. The van der Waals surface area contributed by atoms with Gasteiger partial charge in [0.1, 0.15) is 16.8 Å². The van der Waals surface area contributed by atoms with Crippen LogP contribution in [0.5, 0.6) is 5.75 Å². The number of halogens is 2. The van der Waals surface area contributed by atoms with Gasteiger partial charge in [0.25, 0.3) is 0 Å². The molecule has 0 radical (unpaired) electrons. The number of amides is 2. The van der Waals surface area contributed by atoms with Gasteiger partial charge < -0.3 is 25.8 Å². The zero-order chi connectivity index (χ0) is 29.5. The highest BCUT2D eigenvalue weighted by atomic mass is 35.5. The van der Waals surface area contributed by atoms with Crippen LogP contribution in [-0.2, 0) is 27.3 Å². The van der Waals surface area contributed by atoms with Crippen LogP contribution in [0.15, 0.2) is 42.5 Å². The third-order valence-corrected chi connectivity index (χ3v) is 8.69. The summed E-state index contributed by atoms with van der Waals surface area (Å²) >= 11 is 12.5. The van der Waals surface area contributed by atoms with Crippen LogP contribution >= 0.6 is 23.2 Å². The molecule has 4 atom stereocenters. The van der Waals surface area contributed by atoms with Gasteiger partial charge in [0.15, 0.2) is 0 Å². The second-order valence-corrected chi connectivity index (χ2v) is 11.4. The van der Waals surface area contributed by atoms with Crippen molar-refractivity contribution in [2.45, 2.75) is 76.2 Å². The number of hydrogen-bond donors (Lipinski definition) is 3. The Labute approximate surface area is 250 Å². The van der Waals surface area contributed by atoms with E-state index in [0.29, 0.717) is 48.9 Å². The molecule has 0 bridgehead atoms. The molecule has 2 amide bonds. The Kier molecular flexibility index (Phi) is 10.9. The second kappa shape index (κ2) is 14.4. The van der Waals surface area contributed by atoms with Crippen LogP contribution in [0.3, 0.4) is 0 Å². The number of nitrogens with zero attached hydrogens (tertiary/aromatic N) is 2. The van der Waals surface area contributed by atoms with E-state index >= 15 is 0 Å². The van der Waals surface area contributed by atoms with Gasteiger partial charge in [-0.15, -0.1) is 0 Å². The molecule has 2 saturated heterocycles. The van der Waals surface area contributed by atoms with Gasteiger partial charge in [-0.2, -0.15) is 0 Å². The maximum absolute atomic E-state index is 13.9. The van der Waals surface area contributed by atoms with Gasteiger partial charge in [-0.1, -0.05) is 59.6 Å². The van der Waals surface area contributed by atoms with E-state index in [9.17, 15) is 19.5 Å². The fourth-order valence-electron chi connectivity index (χ4n) is 5.89. The molecule has 2 fully saturated rings. The summed E-state index contributed by atoms with van der Waals surface area (Å²) in [6.45, 7) is 3.23. The Morgan fingerprint density at radius 3 is 2.66 bits per heavy atom. The van der Waals surface area contributed by atoms with Crippen LogP contribution in [0.25, 0.3) is 0 Å². The van der Waals surface area contributed by atoms with Crippen LogP contribution in [0.2, 0.25) is 10.0 Å². The fourth-order valence-corrected chi connectivity index (χ4v) is 6.28. The van der Waals surface area contributed by atoms with Crippen LogP contribution < -0.4 is 15.8 Å². The zero-order valence-corrected chi connectivity index (χ0v) is 24.7. The molecule has 41 heavy (non-hydrogen) atoms. The van der Waals surface area contributed by atoms with Gasteiger partial charge in [-0.05, 0) is 50.7 Å². The zero-order valence-electron chi connectivity index (χ0n) is 23.2. The number of nitrogens with one attached hydrogen (secondary N) is 1. The van der Waals surface area contributed by atoms with Crippen LogP contribution in [0.1, 0.15) is 50.2 Å². The fraction of sp³-hybridized carbons (Fsp3) is 0.500. The van der Waals surface area contributed by atoms with Gasteiger partial charge in [0, 0.05) is 43.7 Å². The van der Waals surface area contributed by atoms with Crippen LogP contribution in [0.4, 0.5) is 0 Å². The van der Waals surface area contributed by atoms with Crippen LogP contribution in [0, 0.1) is 0 Å². The summed E-state index contributed by atoms with van der Waals surface area (Å²) in [5.41, 5.74) is 8.19. The maximum atomic E-state index is 13.9. The number of nitrogens with two attached hydrogens (primary N) is 1. The molecule has 0 aromatic heterocycles. The lowest BCUT2D eigenvalue weighted by Gasteiger charge is -2.32. The summed E-state index contributed by atoms with van der Waals surface area (Å²) in [6, 6.07) is 12.2. The molecule has 2 aromatic carbocycles. The Morgan fingerprint density at radius 2 is 1.95 bits per heavy atom. The molecule has 4 N–H and O–H groups in total. The molecule has 0 saturated carbocycles. The number of carboxylic acids is 1. The second-order valence-electron chi connectivity index (χ2n) is 10.7. The SMILES string of the molecule is CCOc1c(CNC(=O)[C@@H](CCC(=O)O)N2CCC(CCc3ccccc3)N3C[C@H](N)C[C@H]3C2=O)ccc(Cl)c1Cl. The van der Waals surface area contributed by atoms with Crippen molar-refractivity contribution in [2.75, 3.05) is 19.7 Å². The molecular formula is C30H38Cl2N4O5. The Hall–Kier alpha value is -2.85. The van der Waals surface area contributed by atoms with Crippen molar-refractivity contribution in [3.05, 3.63) is 63.6 Å². The number of aliphatic carboxylic acids is 1. The number of carboxylic acid groups (broad SMARTS) is 1. The molecule has 4 rings (SSSR count). The number of fused-ring (bicyclic) bond motifs is 1. The monoisotopic (exact) mass is 604 g/mol. The first-order chi connectivity index (χ1) is 19.7. The highest BCUT2D eigenvalue weighted by molar-refractivity contribution is 6.43. The molecule has 9 nitrogen and oxygen atoms in total. The van der Waals surface area contributed by atoms with Crippen molar-refractivity contribution in [3.63, 3.8) is 0 Å². The standard InChI is InChI=1S/C30H38Cl2N4O5/c1-2-41-28-20(9-11-23(31)27(28)32)17-34-29(39)24(12-13-26(37)38)35-15-14-22(10-8-19-6-4-3-5-7-19)36-18-21(33)16-25(36)30(35)40/h3-7,9,11,21-22,24-25H,2,8,10,12-18,33H2,1H3,(H,34,39)(H,37,38)/t21-,22?,24-,25+/m1/s1. The van der Waals surface area contributed by atoms with E-state index in [0.717, 1.165) is 12.8 Å². The van der Waals surface area contributed by atoms with E-state index in [-0.39, 0.29) is 42.4 Å². The van der Waals surface area contributed by atoms with Crippen molar-refractivity contribution in [1.29, 1.82) is 0 Å². The smallest absolute Gasteiger partial charge is 0.303 e. The molecule has 2 aliphatic rings. The van der Waals surface area contributed by atoms with E-state index in [1.165, 1.54) is 5.56 Å². The lowest BCUT2D eigenvalue weighted by atomic mass is 10.0. The van der Waals surface area contributed by atoms with Gasteiger partial charge >= 0.3 is 5.97 Å². The first-order valence-electron chi connectivity index (χ1n) is 14.1. The summed E-state index contributed by atoms with van der Waals surface area (Å²) in [4.78, 5) is 42.8. The maximum Gasteiger partial charge on any atom is 0.303 e. The normalized spacial score (nSPS) is 21.7. The lowest BCUT2D eigenvalue weighted by Crippen LogP contribution is -2.53. The highest BCUT2D eigenvalue weighted by Gasteiger charge is 2.45. The predicted molar refractivity (Wildman–Crippen MR) is 158 cm³/mol. The number of benzene rings is 2. The minimum absolute atomic E-state index is 0.0000530. The van der Waals surface area contributed by atoms with Crippen LogP contribution in [-0.4, -0.2) is 76.6 Å². The largest absolute Gasteiger partial charge is 0.492 e. The summed E-state index contributed by atoms with van der Waals surface area (Å²) in [5, 5.41) is 12.9. The average Bonchev–Trinajstić information content (AvgIpc) is 3.30. The summed E-state index contributed by atoms with van der Waals surface area (Å²) in [5.74, 6) is -1.25. The lowest BCUT2D eigenvalue weighted by molar-refractivity contribution is -0.144. The molecule has 0 spiro atoms. The topological polar surface area (TPSA) is 125 Å². The average molecular weight is 606 g/mol. The van der Waals surface area contributed by atoms with Gasteiger partial charge in [-0.25, -0.2) is 0 Å². The number of ether oxygens (including phenoxy) is 1. The van der Waals surface area contributed by atoms with E-state index < -0.39 is 24.0 Å². The molecule has 222 valence electrons. The van der Waals surface area contributed by atoms with E-state index in [2.05, 4.69) is 22.3 Å². The van der Waals surface area contributed by atoms with Gasteiger partial charge in [0.2, 0.25) is 11.8 Å². The van der Waals surface area contributed by atoms with Crippen molar-refractivity contribution in [1.82, 2.24) is 15.1 Å². The molecule has 11 heteroatoms. The Morgan fingerprint density at radius 1 is 1.20 bits per heavy atom. The van der Waals surface area contributed by atoms with Crippen molar-refractivity contribution in [2.24, 2.45) is 5.73 Å². The summed E-state index contributed by atoms with van der Waals surface area (Å²) in [7, 11) is 0. The Bertz CT molecular complexity index is 1230. The molecule has 2 aromatic rings. The third kappa shape index (κ3) is 7.71. The first kappa shape index (κ1) is 31.1. The minimum atomic E-state index is -1.03. The van der Waals surface area contributed by atoms with Crippen molar-refractivity contribution >= 4 is 41.0 Å². The third-order valence-electron chi connectivity index (χ3n) is 7.90. The number of carbonyl (C=O) groups is 3. The van der Waals surface area contributed by atoms with E-state index in [4.69, 9.17) is 33.7 Å². The predicted octanol–water partition coefficient (Wildman–Crippen LogP) is 3.88. The quantitative estimate of drug-likeness (QED) is 0.336. The highest BCUT2D eigenvalue weighted by Crippen LogP contribution is 2.35. The molecule has 1 unspecified atom stereocenters. The summed E-state index contributed by atoms with van der Waals surface area (Å²) < 4.78 is 5.67. The number of aryl methyl sites for hydroxylation is 1. The number of carbonyl (C=O) groups excluding carboxylic acids is 2. The molecule has 2 aliphatic heterocycles. The molecule has 0 aliphatic carbocycles. The van der Waals surface area contributed by atoms with E-state index in [1.807, 2.05) is 25.1 Å². The van der Waals surface area contributed by atoms with Crippen molar-refractivity contribution < 1.29 is 24.2 Å².